The molecular formula is C12H20N2O4. The molecule has 2 rings (SSSR count). The average Bonchev–Trinajstić information content (AvgIpc) is 2.66. The Morgan fingerprint density at radius 2 is 1.89 bits per heavy atom. The van der Waals surface area contributed by atoms with Gasteiger partial charge < -0.3 is 19.6 Å². The molecule has 18 heavy (non-hydrogen) atoms. The molecule has 0 spiro atoms. The van der Waals surface area contributed by atoms with Gasteiger partial charge in [-0.1, -0.05) is 0 Å². The maximum Gasteiger partial charge on any atom is 0.326 e. The van der Waals surface area contributed by atoms with Crippen LogP contribution in [0.5, 0.6) is 0 Å². The second-order valence-electron chi connectivity index (χ2n) is 4.78. The molecule has 6 heteroatoms. The van der Waals surface area contributed by atoms with Gasteiger partial charge in [0, 0.05) is 26.2 Å². The maximum atomic E-state index is 12.4. The number of urea groups is 1. The fourth-order valence-electron chi connectivity index (χ4n) is 2.54. The normalized spacial score (nSPS) is 25.7. The van der Waals surface area contributed by atoms with Crippen LogP contribution in [0.15, 0.2) is 0 Å². The summed E-state index contributed by atoms with van der Waals surface area (Å²) in [4.78, 5) is 26.8. The molecule has 6 nitrogen and oxygen atoms in total. The van der Waals surface area contributed by atoms with E-state index in [9.17, 15) is 14.7 Å². The first-order valence-electron chi connectivity index (χ1n) is 6.56. The SMILES string of the molecule is O=C(O)C1CCCCN1C(=O)N1CCCOCC1. The molecule has 2 saturated heterocycles. The van der Waals surface area contributed by atoms with Crippen molar-refractivity contribution in [1.29, 1.82) is 0 Å². The van der Waals surface area contributed by atoms with Crippen LogP contribution in [-0.2, 0) is 9.53 Å². The van der Waals surface area contributed by atoms with Gasteiger partial charge in [0.2, 0.25) is 0 Å². The third-order valence-electron chi connectivity index (χ3n) is 3.53. The van der Waals surface area contributed by atoms with Crippen molar-refractivity contribution in [3.05, 3.63) is 0 Å². The molecule has 0 aromatic heterocycles. The molecule has 1 atom stereocenters. The van der Waals surface area contributed by atoms with Crippen molar-refractivity contribution in [3.8, 4) is 0 Å². The highest BCUT2D eigenvalue weighted by atomic mass is 16.5. The van der Waals surface area contributed by atoms with Crippen LogP contribution in [0, 0.1) is 0 Å². The Hall–Kier alpha value is -1.30. The Bertz CT molecular complexity index is 313. The molecular weight excluding hydrogens is 236 g/mol. The van der Waals surface area contributed by atoms with E-state index in [1.165, 1.54) is 4.90 Å². The summed E-state index contributed by atoms with van der Waals surface area (Å²) in [6.45, 7) is 2.97. The molecule has 1 N–H and O–H groups in total. The molecule has 2 heterocycles. The summed E-state index contributed by atoms with van der Waals surface area (Å²) in [6, 6.07) is -0.803. The summed E-state index contributed by atoms with van der Waals surface area (Å²) in [5.41, 5.74) is 0. The van der Waals surface area contributed by atoms with Gasteiger partial charge in [-0.05, 0) is 25.7 Å². The second kappa shape index (κ2) is 6.04. The highest BCUT2D eigenvalue weighted by molar-refractivity contribution is 5.83. The maximum absolute atomic E-state index is 12.4. The highest BCUT2D eigenvalue weighted by Crippen LogP contribution is 2.19. The number of aliphatic carboxylic acids is 1. The summed E-state index contributed by atoms with van der Waals surface area (Å²) in [6.07, 6.45) is 3.15. The molecule has 0 aromatic carbocycles. The van der Waals surface area contributed by atoms with Crippen molar-refractivity contribution < 1.29 is 19.4 Å². The van der Waals surface area contributed by atoms with Gasteiger partial charge in [-0.3, -0.25) is 0 Å². The lowest BCUT2D eigenvalue weighted by Gasteiger charge is -2.36. The number of hydrogen-bond donors (Lipinski definition) is 1. The monoisotopic (exact) mass is 256 g/mol. The molecule has 0 radical (unpaired) electrons. The Morgan fingerprint density at radius 1 is 1.06 bits per heavy atom. The Morgan fingerprint density at radius 3 is 2.67 bits per heavy atom. The van der Waals surface area contributed by atoms with Gasteiger partial charge in [0.05, 0.1) is 6.61 Å². The minimum Gasteiger partial charge on any atom is -0.480 e. The number of piperidine rings is 1. The number of carbonyl (C=O) groups is 2. The van der Waals surface area contributed by atoms with Crippen LogP contribution in [0.3, 0.4) is 0 Å². The quantitative estimate of drug-likeness (QED) is 0.752. The number of rotatable bonds is 1. The largest absolute Gasteiger partial charge is 0.480 e. The van der Waals surface area contributed by atoms with E-state index in [4.69, 9.17) is 4.74 Å². The lowest BCUT2D eigenvalue weighted by molar-refractivity contribution is -0.143. The summed E-state index contributed by atoms with van der Waals surface area (Å²) in [5.74, 6) is -0.894. The zero-order valence-corrected chi connectivity index (χ0v) is 10.5. The predicted octanol–water partition coefficient (Wildman–Crippen LogP) is 0.768. The molecule has 2 aliphatic rings. The molecule has 0 bridgehead atoms. The number of hydrogen-bond acceptors (Lipinski definition) is 3. The second-order valence-corrected chi connectivity index (χ2v) is 4.78. The molecule has 2 fully saturated rings. The third kappa shape index (κ3) is 2.93. The van der Waals surface area contributed by atoms with Crippen LogP contribution >= 0.6 is 0 Å². The zero-order chi connectivity index (χ0) is 13.0. The molecule has 2 amide bonds. The van der Waals surface area contributed by atoms with Gasteiger partial charge >= 0.3 is 12.0 Å². The van der Waals surface area contributed by atoms with Crippen molar-refractivity contribution in [1.82, 2.24) is 9.80 Å². The minimum absolute atomic E-state index is 0.146. The number of amides is 2. The van der Waals surface area contributed by atoms with E-state index in [1.807, 2.05) is 0 Å². The van der Waals surface area contributed by atoms with E-state index in [0.29, 0.717) is 39.3 Å². The topological polar surface area (TPSA) is 70.1 Å². The Kier molecular flexibility index (Phi) is 4.41. The van der Waals surface area contributed by atoms with Crippen LogP contribution in [0.4, 0.5) is 4.79 Å². The molecule has 0 aromatic rings. The van der Waals surface area contributed by atoms with Crippen molar-refractivity contribution in [2.45, 2.75) is 31.7 Å². The fourth-order valence-corrected chi connectivity index (χ4v) is 2.54. The van der Waals surface area contributed by atoms with Crippen molar-refractivity contribution in [2.24, 2.45) is 0 Å². The summed E-state index contributed by atoms with van der Waals surface area (Å²) in [7, 11) is 0. The minimum atomic E-state index is -0.894. The number of ether oxygens (including phenoxy) is 1. The van der Waals surface area contributed by atoms with Crippen molar-refractivity contribution in [2.75, 3.05) is 32.8 Å². The van der Waals surface area contributed by atoms with Crippen LogP contribution in [0.25, 0.3) is 0 Å². The van der Waals surface area contributed by atoms with Crippen LogP contribution < -0.4 is 0 Å². The molecule has 0 saturated carbocycles. The van der Waals surface area contributed by atoms with Crippen LogP contribution in [-0.4, -0.2) is 65.8 Å². The van der Waals surface area contributed by atoms with Crippen molar-refractivity contribution in [3.63, 3.8) is 0 Å². The Balaban J connectivity index is 2.02. The molecule has 102 valence electrons. The van der Waals surface area contributed by atoms with Crippen LogP contribution in [0.1, 0.15) is 25.7 Å². The fraction of sp³-hybridized carbons (Fsp3) is 0.833. The lowest BCUT2D eigenvalue weighted by atomic mass is 10.0. The Labute approximate surface area is 106 Å². The zero-order valence-electron chi connectivity index (χ0n) is 10.5. The van der Waals surface area contributed by atoms with E-state index >= 15 is 0 Å². The van der Waals surface area contributed by atoms with Gasteiger partial charge in [-0.25, -0.2) is 9.59 Å². The van der Waals surface area contributed by atoms with E-state index < -0.39 is 12.0 Å². The first-order chi connectivity index (χ1) is 8.70. The van der Waals surface area contributed by atoms with E-state index in [-0.39, 0.29) is 6.03 Å². The number of carboxylic acids is 1. The number of nitrogens with zero attached hydrogens (tertiary/aromatic N) is 2. The number of likely N-dealkylation sites (tertiary alicyclic amines) is 1. The van der Waals surface area contributed by atoms with Gasteiger partial charge in [0.15, 0.2) is 0 Å². The molecule has 0 aliphatic carbocycles. The van der Waals surface area contributed by atoms with Crippen LogP contribution in [0.2, 0.25) is 0 Å². The summed E-state index contributed by atoms with van der Waals surface area (Å²) in [5, 5.41) is 9.17. The van der Waals surface area contributed by atoms with E-state index in [0.717, 1.165) is 19.3 Å². The molecule has 2 aliphatic heterocycles. The van der Waals surface area contributed by atoms with Gasteiger partial charge in [-0.2, -0.15) is 0 Å². The van der Waals surface area contributed by atoms with Gasteiger partial charge in [0.1, 0.15) is 6.04 Å². The average molecular weight is 256 g/mol. The smallest absolute Gasteiger partial charge is 0.326 e. The van der Waals surface area contributed by atoms with E-state index in [2.05, 4.69) is 0 Å². The summed E-state index contributed by atoms with van der Waals surface area (Å²) < 4.78 is 5.31. The van der Waals surface area contributed by atoms with E-state index in [1.54, 1.807) is 4.90 Å². The first-order valence-corrected chi connectivity index (χ1v) is 6.56. The number of carboxylic acid groups (broad SMARTS) is 1. The predicted molar refractivity (Wildman–Crippen MR) is 64.4 cm³/mol. The van der Waals surface area contributed by atoms with Gasteiger partial charge in [-0.15, -0.1) is 0 Å². The summed E-state index contributed by atoms with van der Waals surface area (Å²) >= 11 is 0. The third-order valence-corrected chi connectivity index (χ3v) is 3.53. The highest BCUT2D eigenvalue weighted by Gasteiger charge is 2.34. The van der Waals surface area contributed by atoms with Gasteiger partial charge in [0.25, 0.3) is 0 Å². The lowest BCUT2D eigenvalue weighted by Crippen LogP contribution is -2.53. The first kappa shape index (κ1) is 13.1. The molecule has 1 unspecified atom stereocenters. The number of carbonyl (C=O) groups excluding carboxylic acids is 1. The standard InChI is InChI=1S/C12H20N2O4/c15-11(16)10-4-1-2-6-14(10)12(17)13-5-3-8-18-9-7-13/h10H,1-9H2,(H,15,16). The van der Waals surface area contributed by atoms with Crippen molar-refractivity contribution >= 4 is 12.0 Å².